The van der Waals surface area contributed by atoms with Crippen LogP contribution in [0, 0.1) is 6.92 Å². The Morgan fingerprint density at radius 2 is 2.17 bits per heavy atom. The van der Waals surface area contributed by atoms with Crippen molar-refractivity contribution in [3.63, 3.8) is 0 Å². The molecule has 0 spiro atoms. The number of piperidine rings is 1. The second-order valence-corrected chi connectivity index (χ2v) is 7.92. The highest BCUT2D eigenvalue weighted by Crippen LogP contribution is 2.19. The Bertz CT molecular complexity index is 641. The molecule has 2 amide bonds. The zero-order valence-corrected chi connectivity index (χ0v) is 14.6. The van der Waals surface area contributed by atoms with Gasteiger partial charge in [-0.1, -0.05) is 0 Å². The highest BCUT2D eigenvalue weighted by molar-refractivity contribution is 7.88. The number of carbonyl (C=O) groups excluding carboxylic acids is 1. The van der Waals surface area contributed by atoms with Crippen LogP contribution in [-0.2, 0) is 10.0 Å². The number of likely N-dealkylation sites (tertiary alicyclic amines) is 1. The van der Waals surface area contributed by atoms with Gasteiger partial charge < -0.3 is 14.6 Å². The van der Waals surface area contributed by atoms with Gasteiger partial charge in [0.15, 0.2) is 0 Å². The van der Waals surface area contributed by atoms with E-state index in [1.807, 2.05) is 26.0 Å². The minimum absolute atomic E-state index is 0.121. The fraction of sp³-hybridized carbons (Fsp3) is 0.667. The molecule has 0 aromatic carbocycles. The molecule has 0 aliphatic carbocycles. The van der Waals surface area contributed by atoms with Crippen molar-refractivity contribution >= 4 is 16.1 Å². The van der Waals surface area contributed by atoms with E-state index in [0.29, 0.717) is 12.3 Å². The van der Waals surface area contributed by atoms with Gasteiger partial charge in [0.1, 0.15) is 11.5 Å². The van der Waals surface area contributed by atoms with Gasteiger partial charge in [0.25, 0.3) is 0 Å². The minimum atomic E-state index is -3.26. The van der Waals surface area contributed by atoms with Crippen LogP contribution >= 0.6 is 0 Å². The molecule has 2 unspecified atom stereocenters. The van der Waals surface area contributed by atoms with Crippen molar-refractivity contribution in [2.45, 2.75) is 45.2 Å². The number of amides is 2. The molecule has 130 valence electrons. The number of rotatable bonds is 5. The van der Waals surface area contributed by atoms with Gasteiger partial charge in [-0.15, -0.1) is 0 Å². The molecule has 1 aliphatic heterocycles. The van der Waals surface area contributed by atoms with Gasteiger partial charge >= 0.3 is 6.03 Å². The molecule has 2 rings (SSSR count). The summed E-state index contributed by atoms with van der Waals surface area (Å²) in [6.07, 6.45) is 3.84. The predicted octanol–water partition coefficient (Wildman–Crippen LogP) is 1.76. The number of sulfonamides is 1. The molecule has 1 aromatic heterocycles. The van der Waals surface area contributed by atoms with E-state index < -0.39 is 10.0 Å². The molecule has 2 N–H and O–H groups in total. The van der Waals surface area contributed by atoms with E-state index in [1.54, 1.807) is 4.90 Å². The normalized spacial score (nSPS) is 20.3. The highest BCUT2D eigenvalue weighted by Gasteiger charge is 2.28. The first-order chi connectivity index (χ1) is 10.8. The Hall–Kier alpha value is -1.54. The number of nitrogens with zero attached hydrogens (tertiary/aromatic N) is 1. The van der Waals surface area contributed by atoms with E-state index in [9.17, 15) is 13.2 Å². The Balaban J connectivity index is 1.97. The first-order valence-corrected chi connectivity index (χ1v) is 9.73. The average Bonchev–Trinajstić information content (AvgIpc) is 2.91. The Morgan fingerprint density at radius 3 is 2.78 bits per heavy atom. The quantitative estimate of drug-likeness (QED) is 0.852. The van der Waals surface area contributed by atoms with E-state index >= 15 is 0 Å². The Kier molecular flexibility index (Phi) is 5.69. The molecule has 8 heteroatoms. The van der Waals surface area contributed by atoms with Crippen LogP contribution in [0.2, 0.25) is 0 Å². The SMILES string of the molecule is Cc1ccc(C(C)NC(=O)N2CCCCC2CNS(C)(=O)=O)o1. The second kappa shape index (κ2) is 7.35. The van der Waals surface area contributed by atoms with E-state index in [2.05, 4.69) is 10.0 Å². The maximum absolute atomic E-state index is 12.5. The molecule has 7 nitrogen and oxygen atoms in total. The molecule has 0 saturated carbocycles. The number of nitrogens with one attached hydrogen (secondary N) is 2. The van der Waals surface area contributed by atoms with Crippen LogP contribution in [0.25, 0.3) is 0 Å². The maximum atomic E-state index is 12.5. The summed E-state index contributed by atoms with van der Waals surface area (Å²) in [6, 6.07) is 3.16. The molecular weight excluding hydrogens is 318 g/mol. The third-order valence-corrected chi connectivity index (χ3v) is 4.69. The molecule has 1 fully saturated rings. The molecule has 0 radical (unpaired) electrons. The van der Waals surface area contributed by atoms with Crippen LogP contribution in [0.15, 0.2) is 16.5 Å². The lowest BCUT2D eigenvalue weighted by Gasteiger charge is -2.36. The number of aryl methyl sites for hydroxylation is 1. The standard InChI is InChI=1S/C15H25N3O4S/c1-11-7-8-14(22-11)12(2)17-15(19)18-9-5-4-6-13(18)10-16-23(3,20)21/h7-8,12-13,16H,4-6,9-10H2,1-3H3,(H,17,19). The molecule has 1 aliphatic rings. The lowest BCUT2D eigenvalue weighted by molar-refractivity contribution is 0.148. The predicted molar refractivity (Wildman–Crippen MR) is 87.6 cm³/mol. The molecule has 1 saturated heterocycles. The number of carbonyl (C=O) groups is 1. The molecule has 0 bridgehead atoms. The number of hydrogen-bond acceptors (Lipinski definition) is 4. The Labute approximate surface area is 137 Å². The lowest BCUT2D eigenvalue weighted by Crippen LogP contribution is -2.52. The van der Waals surface area contributed by atoms with Crippen molar-refractivity contribution in [3.05, 3.63) is 23.7 Å². The summed E-state index contributed by atoms with van der Waals surface area (Å²) >= 11 is 0. The topological polar surface area (TPSA) is 91.7 Å². The Morgan fingerprint density at radius 1 is 1.43 bits per heavy atom. The summed E-state index contributed by atoms with van der Waals surface area (Å²) in [5.74, 6) is 1.51. The van der Waals surface area contributed by atoms with E-state index in [4.69, 9.17) is 4.42 Å². The van der Waals surface area contributed by atoms with Gasteiger partial charge in [0, 0.05) is 19.1 Å². The van der Waals surface area contributed by atoms with Gasteiger partial charge in [0.05, 0.1) is 12.3 Å². The van der Waals surface area contributed by atoms with Gasteiger partial charge in [0.2, 0.25) is 10.0 Å². The third-order valence-electron chi connectivity index (χ3n) is 4.00. The van der Waals surface area contributed by atoms with Crippen LogP contribution in [0.5, 0.6) is 0 Å². The monoisotopic (exact) mass is 343 g/mol. The fourth-order valence-corrected chi connectivity index (χ4v) is 3.25. The van der Waals surface area contributed by atoms with Gasteiger partial charge in [-0.3, -0.25) is 0 Å². The minimum Gasteiger partial charge on any atom is -0.464 e. The number of hydrogen-bond donors (Lipinski definition) is 2. The van der Waals surface area contributed by atoms with Crippen LogP contribution in [0.3, 0.4) is 0 Å². The van der Waals surface area contributed by atoms with Crippen LogP contribution in [-0.4, -0.2) is 44.7 Å². The molecule has 2 heterocycles. The van der Waals surface area contributed by atoms with E-state index in [0.717, 1.165) is 31.3 Å². The van der Waals surface area contributed by atoms with Crippen molar-refractivity contribution in [1.29, 1.82) is 0 Å². The summed E-state index contributed by atoms with van der Waals surface area (Å²) < 4.78 is 30.6. The summed E-state index contributed by atoms with van der Waals surface area (Å²) in [4.78, 5) is 14.2. The molecule has 23 heavy (non-hydrogen) atoms. The van der Waals surface area contributed by atoms with Crippen molar-refractivity contribution in [1.82, 2.24) is 14.9 Å². The number of urea groups is 1. The second-order valence-electron chi connectivity index (χ2n) is 6.08. The van der Waals surface area contributed by atoms with Crippen molar-refractivity contribution in [2.24, 2.45) is 0 Å². The van der Waals surface area contributed by atoms with Crippen LogP contribution in [0.4, 0.5) is 4.79 Å². The van der Waals surface area contributed by atoms with Gasteiger partial charge in [-0.25, -0.2) is 17.9 Å². The summed E-state index contributed by atoms with van der Waals surface area (Å²) in [5.41, 5.74) is 0. The molecule has 1 aromatic rings. The third kappa shape index (κ3) is 5.24. The molecule has 2 atom stereocenters. The van der Waals surface area contributed by atoms with Crippen molar-refractivity contribution in [2.75, 3.05) is 19.3 Å². The average molecular weight is 343 g/mol. The van der Waals surface area contributed by atoms with Crippen LogP contribution < -0.4 is 10.0 Å². The van der Waals surface area contributed by atoms with Crippen molar-refractivity contribution in [3.8, 4) is 0 Å². The first kappa shape index (κ1) is 17.8. The van der Waals surface area contributed by atoms with Gasteiger partial charge in [-0.05, 0) is 45.2 Å². The lowest BCUT2D eigenvalue weighted by atomic mass is 10.0. The van der Waals surface area contributed by atoms with Gasteiger partial charge in [-0.2, -0.15) is 0 Å². The number of furan rings is 1. The van der Waals surface area contributed by atoms with Crippen molar-refractivity contribution < 1.29 is 17.6 Å². The highest BCUT2D eigenvalue weighted by atomic mass is 32.2. The molecular formula is C15H25N3O4S. The first-order valence-electron chi connectivity index (χ1n) is 7.84. The maximum Gasteiger partial charge on any atom is 0.318 e. The zero-order valence-electron chi connectivity index (χ0n) is 13.8. The fourth-order valence-electron chi connectivity index (χ4n) is 2.75. The smallest absolute Gasteiger partial charge is 0.318 e. The summed E-state index contributed by atoms with van der Waals surface area (Å²) in [6.45, 7) is 4.60. The van der Waals surface area contributed by atoms with E-state index in [1.165, 1.54) is 0 Å². The zero-order chi connectivity index (χ0) is 17.0. The summed E-state index contributed by atoms with van der Waals surface area (Å²) in [7, 11) is -3.26. The largest absolute Gasteiger partial charge is 0.464 e. The summed E-state index contributed by atoms with van der Waals surface area (Å²) in [5, 5.41) is 2.92. The van der Waals surface area contributed by atoms with E-state index in [-0.39, 0.29) is 24.7 Å². The van der Waals surface area contributed by atoms with Crippen LogP contribution in [0.1, 0.15) is 43.7 Å².